The lowest BCUT2D eigenvalue weighted by Gasteiger charge is -2.08. The van der Waals surface area contributed by atoms with Crippen LogP contribution in [0.25, 0.3) is 0 Å². The van der Waals surface area contributed by atoms with Crippen LogP contribution in [0, 0.1) is 27.3 Å². The van der Waals surface area contributed by atoms with Crippen LogP contribution in [0.1, 0.15) is 5.56 Å². The number of benzene rings is 2. The third-order valence-corrected chi connectivity index (χ3v) is 3.22. The van der Waals surface area contributed by atoms with Crippen LogP contribution >= 0.6 is 15.9 Å². The second-order valence-electron chi connectivity index (χ2n) is 3.70. The Kier molecular flexibility index (Phi) is 3.96. The normalized spacial score (nSPS) is 9.85. The summed E-state index contributed by atoms with van der Waals surface area (Å²) in [6.45, 7) is 0. The lowest BCUT2D eigenvalue weighted by Crippen LogP contribution is -1.92. The molecule has 5 nitrogen and oxygen atoms in total. The quantitative estimate of drug-likeness (QED) is 0.622. The summed E-state index contributed by atoms with van der Waals surface area (Å²) in [5.41, 5.74) is 0.0670. The molecule has 0 heterocycles. The maximum absolute atomic E-state index is 13.9. The van der Waals surface area contributed by atoms with E-state index in [0.717, 1.165) is 0 Å². The molecule has 0 bridgehead atoms. The topological polar surface area (TPSA) is 76.2 Å². The summed E-state index contributed by atoms with van der Waals surface area (Å²) in [7, 11) is 0. The van der Waals surface area contributed by atoms with Crippen molar-refractivity contribution in [3.63, 3.8) is 0 Å². The van der Waals surface area contributed by atoms with Crippen molar-refractivity contribution in [3.8, 4) is 17.6 Å². The minimum absolute atomic E-state index is 0.0133. The molecule has 2 rings (SSSR count). The second kappa shape index (κ2) is 5.67. The van der Waals surface area contributed by atoms with Crippen LogP contribution in [0.5, 0.6) is 11.5 Å². The molecule has 0 saturated carbocycles. The predicted octanol–water partition coefficient (Wildman–Crippen LogP) is 4.16. The smallest absolute Gasteiger partial charge is 0.269 e. The number of nitrogens with zero attached hydrogens (tertiary/aromatic N) is 2. The highest BCUT2D eigenvalue weighted by atomic mass is 79.9. The highest BCUT2D eigenvalue weighted by Gasteiger charge is 2.13. The van der Waals surface area contributed by atoms with Gasteiger partial charge in [0.05, 0.1) is 15.0 Å². The van der Waals surface area contributed by atoms with E-state index >= 15 is 0 Å². The van der Waals surface area contributed by atoms with Gasteiger partial charge in [-0.05, 0) is 40.2 Å². The highest BCUT2D eigenvalue weighted by Crippen LogP contribution is 2.31. The third-order valence-electron chi connectivity index (χ3n) is 2.44. The number of hydrogen-bond donors (Lipinski definition) is 0. The Labute approximate surface area is 121 Å². The van der Waals surface area contributed by atoms with E-state index in [1.54, 1.807) is 0 Å². The van der Waals surface area contributed by atoms with Crippen molar-refractivity contribution in [2.24, 2.45) is 0 Å². The van der Waals surface area contributed by atoms with Crippen LogP contribution in [0.4, 0.5) is 10.1 Å². The van der Waals surface area contributed by atoms with Crippen LogP contribution in [-0.4, -0.2) is 4.92 Å². The van der Waals surface area contributed by atoms with Crippen molar-refractivity contribution in [2.45, 2.75) is 0 Å². The molecule has 0 N–H and O–H groups in total. The number of hydrogen-bond acceptors (Lipinski definition) is 4. The van der Waals surface area contributed by atoms with E-state index in [-0.39, 0.29) is 27.2 Å². The number of ether oxygens (including phenoxy) is 1. The monoisotopic (exact) mass is 336 g/mol. The Bertz CT molecular complexity index is 711. The molecule has 0 aliphatic heterocycles. The van der Waals surface area contributed by atoms with E-state index in [9.17, 15) is 14.5 Å². The Morgan fingerprint density at radius 2 is 1.90 bits per heavy atom. The van der Waals surface area contributed by atoms with Gasteiger partial charge in [-0.1, -0.05) is 0 Å². The Balaban J connectivity index is 2.29. The van der Waals surface area contributed by atoms with E-state index in [2.05, 4.69) is 15.9 Å². The summed E-state index contributed by atoms with van der Waals surface area (Å²) in [5.74, 6) is -0.529. The fourth-order valence-electron chi connectivity index (χ4n) is 1.46. The molecule has 0 saturated heterocycles. The van der Waals surface area contributed by atoms with Gasteiger partial charge >= 0.3 is 0 Å². The maximum Gasteiger partial charge on any atom is 0.269 e. The van der Waals surface area contributed by atoms with Gasteiger partial charge in [-0.15, -0.1) is 0 Å². The lowest BCUT2D eigenvalue weighted by atomic mass is 10.2. The van der Waals surface area contributed by atoms with Gasteiger partial charge in [0.25, 0.3) is 5.69 Å². The average Bonchev–Trinajstić information content (AvgIpc) is 2.45. The zero-order valence-corrected chi connectivity index (χ0v) is 11.4. The summed E-state index contributed by atoms with van der Waals surface area (Å²) in [6, 6.07) is 9.80. The van der Waals surface area contributed by atoms with Gasteiger partial charge in [-0.2, -0.15) is 5.26 Å². The Hall–Kier alpha value is -2.46. The van der Waals surface area contributed by atoms with Gasteiger partial charge in [0.1, 0.15) is 11.8 Å². The second-order valence-corrected chi connectivity index (χ2v) is 4.50. The molecule has 0 amide bonds. The van der Waals surface area contributed by atoms with Crippen molar-refractivity contribution in [1.29, 1.82) is 5.26 Å². The fourth-order valence-corrected chi connectivity index (χ4v) is 1.88. The first-order valence-corrected chi connectivity index (χ1v) is 6.12. The highest BCUT2D eigenvalue weighted by molar-refractivity contribution is 9.10. The molecule has 7 heteroatoms. The summed E-state index contributed by atoms with van der Waals surface area (Å²) in [5, 5.41) is 19.3. The fraction of sp³-hybridized carbons (Fsp3) is 0. The molecule has 0 spiro atoms. The number of nitro groups is 1. The molecule has 0 fully saturated rings. The first kappa shape index (κ1) is 14.0. The SMILES string of the molecule is N#Cc1ccc(Oc2ccc([N+](=O)[O-])cc2)c(F)c1Br. The molecular formula is C13H6BrFN2O3. The number of nitro benzene ring substituents is 1. The molecular weight excluding hydrogens is 331 g/mol. The van der Waals surface area contributed by atoms with E-state index in [1.807, 2.05) is 6.07 Å². The van der Waals surface area contributed by atoms with Gasteiger partial charge in [0.2, 0.25) is 0 Å². The minimum Gasteiger partial charge on any atom is -0.454 e. The van der Waals surface area contributed by atoms with Crippen molar-refractivity contribution < 1.29 is 14.1 Å². The molecule has 0 atom stereocenters. The van der Waals surface area contributed by atoms with E-state index in [4.69, 9.17) is 10.00 Å². The van der Waals surface area contributed by atoms with Gasteiger partial charge in [-0.3, -0.25) is 10.1 Å². The Morgan fingerprint density at radius 3 is 2.45 bits per heavy atom. The molecule has 0 radical (unpaired) electrons. The molecule has 2 aromatic carbocycles. The lowest BCUT2D eigenvalue weighted by molar-refractivity contribution is -0.384. The van der Waals surface area contributed by atoms with Crippen LogP contribution in [0.3, 0.4) is 0 Å². The Morgan fingerprint density at radius 1 is 1.25 bits per heavy atom. The van der Waals surface area contributed by atoms with E-state index in [0.29, 0.717) is 0 Å². The molecule has 0 aliphatic rings. The largest absolute Gasteiger partial charge is 0.454 e. The summed E-state index contributed by atoms with van der Waals surface area (Å²) >= 11 is 2.97. The predicted molar refractivity (Wildman–Crippen MR) is 72.0 cm³/mol. The van der Waals surface area contributed by atoms with Crippen LogP contribution < -0.4 is 4.74 Å². The first-order chi connectivity index (χ1) is 9.52. The van der Waals surface area contributed by atoms with E-state index in [1.165, 1.54) is 36.4 Å². The number of non-ortho nitro benzene ring substituents is 1. The van der Waals surface area contributed by atoms with Crippen molar-refractivity contribution in [3.05, 3.63) is 62.4 Å². The van der Waals surface area contributed by atoms with Crippen molar-refractivity contribution in [2.75, 3.05) is 0 Å². The van der Waals surface area contributed by atoms with Gasteiger partial charge in [0, 0.05) is 12.1 Å². The molecule has 0 unspecified atom stereocenters. The molecule has 20 heavy (non-hydrogen) atoms. The van der Waals surface area contributed by atoms with Gasteiger partial charge in [-0.25, -0.2) is 4.39 Å². The number of nitriles is 1. The maximum atomic E-state index is 13.9. The van der Waals surface area contributed by atoms with Crippen molar-refractivity contribution in [1.82, 2.24) is 0 Å². The number of rotatable bonds is 3. The van der Waals surface area contributed by atoms with Gasteiger partial charge < -0.3 is 4.74 Å². The van der Waals surface area contributed by atoms with Crippen molar-refractivity contribution >= 4 is 21.6 Å². The van der Waals surface area contributed by atoms with Crippen LogP contribution in [0.2, 0.25) is 0 Å². The molecule has 2 aromatic rings. The first-order valence-electron chi connectivity index (χ1n) is 5.33. The third kappa shape index (κ3) is 2.75. The van der Waals surface area contributed by atoms with E-state index < -0.39 is 10.7 Å². The average molecular weight is 337 g/mol. The minimum atomic E-state index is -0.706. The summed E-state index contributed by atoms with van der Waals surface area (Å²) in [6.07, 6.45) is 0. The molecule has 100 valence electrons. The van der Waals surface area contributed by atoms with Crippen LogP contribution in [0.15, 0.2) is 40.9 Å². The number of halogens is 2. The van der Waals surface area contributed by atoms with Gasteiger partial charge in [0.15, 0.2) is 11.6 Å². The zero-order valence-electron chi connectivity index (χ0n) is 9.84. The zero-order chi connectivity index (χ0) is 14.7. The summed E-state index contributed by atoms with van der Waals surface area (Å²) < 4.78 is 19.2. The standard InChI is InChI=1S/C13H6BrFN2O3/c14-12-8(7-16)1-6-11(13(12)15)20-10-4-2-9(3-5-10)17(18)19/h1-6H. The molecule has 0 aliphatic carbocycles. The molecule has 0 aromatic heterocycles. The summed E-state index contributed by atoms with van der Waals surface area (Å²) in [4.78, 5) is 9.97. The van der Waals surface area contributed by atoms with Crippen LogP contribution in [-0.2, 0) is 0 Å².